The molecule has 0 atom stereocenters. The van der Waals surface area contributed by atoms with Crippen molar-refractivity contribution in [3.8, 4) is 0 Å². The topological polar surface area (TPSA) is 45.2 Å². The molecule has 0 spiro atoms. The van der Waals surface area contributed by atoms with E-state index in [2.05, 4.69) is 16.4 Å². The Balaban J connectivity index is 1.87. The first-order chi connectivity index (χ1) is 9.24. The van der Waals surface area contributed by atoms with Crippen LogP contribution in [0.3, 0.4) is 0 Å². The van der Waals surface area contributed by atoms with E-state index in [4.69, 9.17) is 0 Å². The van der Waals surface area contributed by atoms with Crippen molar-refractivity contribution in [2.75, 3.05) is 25.0 Å². The maximum Gasteiger partial charge on any atom is 0.224 e. The highest BCUT2D eigenvalue weighted by Crippen LogP contribution is 2.25. The molecule has 0 aliphatic rings. The Hall–Kier alpha value is -1.62. The van der Waals surface area contributed by atoms with Gasteiger partial charge in [-0.3, -0.25) is 4.79 Å². The number of benzene rings is 1. The van der Waals surface area contributed by atoms with Gasteiger partial charge in [0, 0.05) is 26.1 Å². The molecule has 19 heavy (non-hydrogen) atoms. The third-order valence-electron chi connectivity index (χ3n) is 3.03. The molecule has 1 aromatic carbocycles. The first-order valence-corrected chi connectivity index (χ1v) is 7.43. The summed E-state index contributed by atoms with van der Waals surface area (Å²) < 4.78 is 1.17. The fourth-order valence-corrected chi connectivity index (χ4v) is 2.85. The Labute approximate surface area is 117 Å². The van der Waals surface area contributed by atoms with Crippen LogP contribution in [0.25, 0.3) is 10.2 Å². The third-order valence-corrected chi connectivity index (χ3v) is 4.02. The van der Waals surface area contributed by atoms with E-state index in [0.29, 0.717) is 13.0 Å². The lowest BCUT2D eigenvalue weighted by Gasteiger charge is -2.18. The molecule has 1 heterocycles. The molecule has 102 valence electrons. The maximum atomic E-state index is 11.8. The van der Waals surface area contributed by atoms with Crippen LogP contribution in [-0.4, -0.2) is 35.4 Å². The zero-order valence-corrected chi connectivity index (χ0v) is 12.2. The summed E-state index contributed by atoms with van der Waals surface area (Å²) in [4.78, 5) is 18.2. The highest BCUT2D eigenvalue weighted by Gasteiger charge is 2.09. The standard InChI is InChI=1S/C14H19N3OS/c1-3-17(4-2)13(18)9-10-15-14-16-11-7-5-6-8-12(11)19-14/h5-8H,3-4,9-10H2,1-2H3,(H,15,16). The van der Waals surface area contributed by atoms with Gasteiger partial charge < -0.3 is 10.2 Å². The van der Waals surface area contributed by atoms with E-state index >= 15 is 0 Å². The summed E-state index contributed by atoms with van der Waals surface area (Å²) in [5.41, 5.74) is 1.00. The number of fused-ring (bicyclic) bond motifs is 1. The SMILES string of the molecule is CCN(CC)C(=O)CCNc1nc2ccccc2s1. The number of carbonyl (C=O) groups excluding carboxylic acids is 1. The number of thiazole rings is 1. The zero-order valence-electron chi connectivity index (χ0n) is 11.3. The number of hydrogen-bond acceptors (Lipinski definition) is 4. The minimum absolute atomic E-state index is 0.193. The van der Waals surface area contributed by atoms with Gasteiger partial charge in [0.05, 0.1) is 10.2 Å². The van der Waals surface area contributed by atoms with E-state index in [1.807, 2.05) is 36.9 Å². The predicted molar refractivity (Wildman–Crippen MR) is 80.7 cm³/mol. The van der Waals surface area contributed by atoms with Crippen molar-refractivity contribution in [2.45, 2.75) is 20.3 Å². The van der Waals surface area contributed by atoms with Gasteiger partial charge in [0.1, 0.15) is 0 Å². The molecule has 4 nitrogen and oxygen atoms in total. The Morgan fingerprint density at radius 2 is 2.05 bits per heavy atom. The van der Waals surface area contributed by atoms with E-state index in [-0.39, 0.29) is 5.91 Å². The number of amides is 1. The van der Waals surface area contributed by atoms with Crippen LogP contribution in [0.4, 0.5) is 5.13 Å². The molecule has 0 saturated carbocycles. The highest BCUT2D eigenvalue weighted by molar-refractivity contribution is 7.22. The average molecular weight is 277 g/mol. The van der Waals surface area contributed by atoms with Gasteiger partial charge >= 0.3 is 0 Å². The smallest absolute Gasteiger partial charge is 0.224 e. The van der Waals surface area contributed by atoms with Gasteiger partial charge in [-0.1, -0.05) is 23.5 Å². The second-order valence-electron chi connectivity index (χ2n) is 4.23. The molecule has 1 N–H and O–H groups in total. The maximum absolute atomic E-state index is 11.8. The number of anilines is 1. The Morgan fingerprint density at radius 1 is 1.32 bits per heavy atom. The summed E-state index contributed by atoms with van der Waals surface area (Å²) in [5.74, 6) is 0.193. The lowest BCUT2D eigenvalue weighted by molar-refractivity contribution is -0.130. The third kappa shape index (κ3) is 3.44. The molecule has 2 rings (SSSR count). The van der Waals surface area contributed by atoms with Crippen LogP contribution in [0.2, 0.25) is 0 Å². The molecule has 0 radical (unpaired) electrons. The van der Waals surface area contributed by atoms with Gasteiger partial charge in [-0.2, -0.15) is 0 Å². The predicted octanol–water partition coefficient (Wildman–Crippen LogP) is 2.97. The summed E-state index contributed by atoms with van der Waals surface area (Å²) in [6.07, 6.45) is 0.512. The lowest BCUT2D eigenvalue weighted by Crippen LogP contribution is -2.31. The number of hydrogen-bond donors (Lipinski definition) is 1. The summed E-state index contributed by atoms with van der Waals surface area (Å²) >= 11 is 1.62. The van der Waals surface area contributed by atoms with Crippen molar-refractivity contribution in [1.29, 1.82) is 0 Å². The second-order valence-corrected chi connectivity index (χ2v) is 5.26. The zero-order chi connectivity index (χ0) is 13.7. The molecular formula is C14H19N3OS. The monoisotopic (exact) mass is 277 g/mol. The Kier molecular flexibility index (Phi) is 4.74. The van der Waals surface area contributed by atoms with Crippen molar-refractivity contribution in [1.82, 2.24) is 9.88 Å². The first kappa shape index (κ1) is 13.8. The van der Waals surface area contributed by atoms with Crippen molar-refractivity contribution >= 4 is 32.6 Å². The summed E-state index contributed by atoms with van der Waals surface area (Å²) in [6.45, 7) is 6.19. The number of carbonyl (C=O) groups is 1. The summed E-state index contributed by atoms with van der Waals surface area (Å²) in [7, 11) is 0. The van der Waals surface area contributed by atoms with Crippen molar-refractivity contribution in [3.63, 3.8) is 0 Å². The number of nitrogens with one attached hydrogen (secondary N) is 1. The fourth-order valence-electron chi connectivity index (χ4n) is 1.96. The molecule has 0 unspecified atom stereocenters. The van der Waals surface area contributed by atoms with E-state index in [0.717, 1.165) is 23.7 Å². The van der Waals surface area contributed by atoms with Crippen LogP contribution < -0.4 is 5.32 Å². The van der Waals surface area contributed by atoms with Crippen LogP contribution >= 0.6 is 11.3 Å². The van der Waals surface area contributed by atoms with Crippen LogP contribution in [-0.2, 0) is 4.79 Å². The largest absolute Gasteiger partial charge is 0.361 e. The van der Waals surface area contributed by atoms with Crippen LogP contribution in [0, 0.1) is 0 Å². The molecule has 0 fully saturated rings. The number of nitrogens with zero attached hydrogens (tertiary/aromatic N) is 2. The molecule has 1 amide bonds. The summed E-state index contributed by atoms with van der Waals surface area (Å²) in [5, 5.41) is 4.11. The molecule has 0 bridgehead atoms. The molecule has 0 saturated heterocycles. The summed E-state index contributed by atoms with van der Waals surface area (Å²) in [6, 6.07) is 8.04. The van der Waals surface area contributed by atoms with E-state index in [1.54, 1.807) is 11.3 Å². The quantitative estimate of drug-likeness (QED) is 0.883. The van der Waals surface area contributed by atoms with Gasteiger partial charge in [0.25, 0.3) is 0 Å². The van der Waals surface area contributed by atoms with Gasteiger partial charge in [0.15, 0.2) is 5.13 Å². The van der Waals surface area contributed by atoms with E-state index in [1.165, 1.54) is 4.70 Å². The van der Waals surface area contributed by atoms with Crippen molar-refractivity contribution in [3.05, 3.63) is 24.3 Å². The Bertz CT molecular complexity index is 515. The fraction of sp³-hybridized carbons (Fsp3) is 0.429. The molecule has 0 aliphatic carbocycles. The van der Waals surface area contributed by atoms with E-state index in [9.17, 15) is 4.79 Å². The Morgan fingerprint density at radius 3 is 2.74 bits per heavy atom. The van der Waals surface area contributed by atoms with Gasteiger partial charge in [-0.25, -0.2) is 4.98 Å². The average Bonchev–Trinajstić information content (AvgIpc) is 2.82. The number of aromatic nitrogens is 1. The minimum atomic E-state index is 0.193. The van der Waals surface area contributed by atoms with Gasteiger partial charge in [-0.05, 0) is 26.0 Å². The van der Waals surface area contributed by atoms with Gasteiger partial charge in [-0.15, -0.1) is 0 Å². The van der Waals surface area contributed by atoms with Gasteiger partial charge in [0.2, 0.25) is 5.91 Å². The van der Waals surface area contributed by atoms with Crippen LogP contribution in [0.1, 0.15) is 20.3 Å². The van der Waals surface area contributed by atoms with Crippen LogP contribution in [0.5, 0.6) is 0 Å². The molecule has 1 aromatic heterocycles. The number of para-hydroxylation sites is 1. The molecule has 0 aliphatic heterocycles. The molecular weight excluding hydrogens is 258 g/mol. The van der Waals surface area contributed by atoms with Crippen molar-refractivity contribution in [2.24, 2.45) is 0 Å². The second kappa shape index (κ2) is 6.52. The van der Waals surface area contributed by atoms with Crippen molar-refractivity contribution < 1.29 is 4.79 Å². The molecule has 2 aromatic rings. The highest BCUT2D eigenvalue weighted by atomic mass is 32.1. The normalized spacial score (nSPS) is 10.6. The first-order valence-electron chi connectivity index (χ1n) is 6.61. The molecule has 5 heteroatoms. The minimum Gasteiger partial charge on any atom is -0.361 e. The number of rotatable bonds is 6. The van der Waals surface area contributed by atoms with Crippen LogP contribution in [0.15, 0.2) is 24.3 Å². The van der Waals surface area contributed by atoms with E-state index < -0.39 is 0 Å². The lowest BCUT2D eigenvalue weighted by atomic mass is 10.3.